The molecule has 0 unspecified atom stereocenters. The van der Waals surface area contributed by atoms with Crippen molar-refractivity contribution in [3.05, 3.63) is 91.8 Å². The van der Waals surface area contributed by atoms with Gasteiger partial charge >= 0.3 is 0 Å². The third-order valence-electron chi connectivity index (χ3n) is 6.00. The van der Waals surface area contributed by atoms with Crippen molar-refractivity contribution < 1.29 is 9.53 Å². The van der Waals surface area contributed by atoms with Gasteiger partial charge in [-0.05, 0) is 51.1 Å². The number of benzene rings is 2. The number of hydrogen-bond donors (Lipinski definition) is 0. The zero-order valence-corrected chi connectivity index (χ0v) is 22.1. The van der Waals surface area contributed by atoms with E-state index in [1.54, 1.807) is 16.7 Å². The van der Waals surface area contributed by atoms with Crippen molar-refractivity contribution in [3.8, 4) is 5.69 Å². The van der Waals surface area contributed by atoms with Gasteiger partial charge in [0.15, 0.2) is 16.6 Å². The van der Waals surface area contributed by atoms with Crippen molar-refractivity contribution in [1.82, 2.24) is 14.5 Å². The van der Waals surface area contributed by atoms with Gasteiger partial charge < -0.3 is 4.74 Å². The second-order valence-corrected chi connectivity index (χ2v) is 11.1. The average molecular weight is 550 g/mol. The van der Waals surface area contributed by atoms with E-state index in [1.165, 1.54) is 11.8 Å². The Morgan fingerprint density at radius 1 is 1.11 bits per heavy atom. The summed E-state index contributed by atoms with van der Waals surface area (Å²) in [5.74, 6) is 0.113. The number of fused-ring (bicyclic) bond motifs is 2. The van der Waals surface area contributed by atoms with Crippen LogP contribution < -0.4 is 5.56 Å². The van der Waals surface area contributed by atoms with Crippen molar-refractivity contribution >= 4 is 44.5 Å². The van der Waals surface area contributed by atoms with Crippen LogP contribution in [0.15, 0.2) is 69.0 Å². The lowest BCUT2D eigenvalue weighted by Gasteiger charge is -2.31. The van der Waals surface area contributed by atoms with Crippen LogP contribution in [0, 0.1) is 6.92 Å². The molecule has 0 saturated carbocycles. The van der Waals surface area contributed by atoms with E-state index in [-0.39, 0.29) is 22.7 Å². The second-order valence-electron chi connectivity index (χ2n) is 9.28. The van der Waals surface area contributed by atoms with Gasteiger partial charge in [-0.15, -0.1) is 0 Å². The summed E-state index contributed by atoms with van der Waals surface area (Å²) in [6.07, 6.45) is 0.644. The Kier molecular flexibility index (Phi) is 6.38. The van der Waals surface area contributed by atoms with Crippen molar-refractivity contribution in [1.29, 1.82) is 0 Å². The lowest BCUT2D eigenvalue weighted by atomic mass is 9.95. The van der Waals surface area contributed by atoms with E-state index in [1.807, 2.05) is 63.2 Å². The van der Waals surface area contributed by atoms with E-state index in [2.05, 4.69) is 15.9 Å². The van der Waals surface area contributed by atoms with Crippen LogP contribution in [0.4, 0.5) is 0 Å². The summed E-state index contributed by atoms with van der Waals surface area (Å²) in [7, 11) is 0. The molecule has 0 bridgehead atoms. The van der Waals surface area contributed by atoms with Crippen LogP contribution in [0.25, 0.3) is 16.7 Å². The topological polar surface area (TPSA) is 74.1 Å². The number of hydrogen-bond acceptors (Lipinski definition) is 6. The minimum atomic E-state index is -0.320. The van der Waals surface area contributed by atoms with E-state index >= 15 is 0 Å². The van der Waals surface area contributed by atoms with Gasteiger partial charge in [0.05, 0.1) is 34.7 Å². The standard InChI is InChI=1S/C27H24BrN3O3S/c1-16-4-10-20(11-5-16)31-25(33)21-12-18-14-34-27(2,3)13-22(18)29-24(21)30-26(31)35-15-23(32)17-6-8-19(28)9-7-17/h4-12H,13-15H2,1-3H3. The van der Waals surface area contributed by atoms with Gasteiger partial charge in [0.1, 0.15) is 0 Å². The number of thioether (sulfide) groups is 1. The van der Waals surface area contributed by atoms with Crippen LogP contribution in [-0.2, 0) is 17.8 Å². The summed E-state index contributed by atoms with van der Waals surface area (Å²) in [4.78, 5) is 36.1. The quantitative estimate of drug-likeness (QED) is 0.181. The number of pyridine rings is 1. The van der Waals surface area contributed by atoms with E-state index in [0.29, 0.717) is 40.5 Å². The highest BCUT2D eigenvalue weighted by atomic mass is 79.9. The monoisotopic (exact) mass is 549 g/mol. The van der Waals surface area contributed by atoms with Crippen molar-refractivity contribution in [2.24, 2.45) is 0 Å². The number of Topliss-reactive ketones (excluding diaryl/α,β-unsaturated/α-hetero) is 1. The lowest BCUT2D eigenvalue weighted by Crippen LogP contribution is -2.33. The van der Waals surface area contributed by atoms with Crippen molar-refractivity contribution in [2.75, 3.05) is 5.75 Å². The van der Waals surface area contributed by atoms with E-state index in [9.17, 15) is 9.59 Å². The van der Waals surface area contributed by atoms with Crippen LogP contribution in [-0.4, -0.2) is 31.7 Å². The summed E-state index contributed by atoms with van der Waals surface area (Å²) in [5, 5.41) is 0.881. The molecule has 6 nitrogen and oxygen atoms in total. The highest BCUT2D eigenvalue weighted by Crippen LogP contribution is 2.29. The highest BCUT2D eigenvalue weighted by Gasteiger charge is 2.28. The molecule has 0 fully saturated rings. The number of ketones is 1. The summed E-state index contributed by atoms with van der Waals surface area (Å²) >= 11 is 4.64. The fourth-order valence-electron chi connectivity index (χ4n) is 4.05. The number of aromatic nitrogens is 3. The second kappa shape index (κ2) is 9.33. The van der Waals surface area contributed by atoms with Crippen LogP contribution in [0.5, 0.6) is 0 Å². The molecule has 2 aromatic carbocycles. The van der Waals surface area contributed by atoms with Gasteiger partial charge in [-0.1, -0.05) is 57.5 Å². The maximum Gasteiger partial charge on any atom is 0.268 e. The number of ether oxygens (including phenoxy) is 1. The van der Waals surface area contributed by atoms with E-state index < -0.39 is 0 Å². The number of nitrogens with zero attached hydrogens (tertiary/aromatic N) is 3. The highest BCUT2D eigenvalue weighted by molar-refractivity contribution is 9.10. The summed E-state index contributed by atoms with van der Waals surface area (Å²) in [6, 6.07) is 16.8. The van der Waals surface area contributed by atoms with Crippen LogP contribution in [0.2, 0.25) is 0 Å². The van der Waals surface area contributed by atoms with Gasteiger partial charge in [0.2, 0.25) is 0 Å². The van der Waals surface area contributed by atoms with Crippen LogP contribution in [0.3, 0.4) is 0 Å². The molecule has 0 N–H and O–H groups in total. The molecular formula is C27H24BrN3O3S. The molecular weight excluding hydrogens is 526 g/mol. The minimum absolute atomic E-state index is 0.0374. The molecule has 0 aliphatic carbocycles. The third kappa shape index (κ3) is 4.96. The SMILES string of the molecule is Cc1ccc(-n2c(SCC(=O)c3ccc(Br)cc3)nc3nc4c(cc3c2=O)COC(C)(C)C4)cc1. The fourth-order valence-corrected chi connectivity index (χ4v) is 5.21. The largest absolute Gasteiger partial charge is 0.370 e. The maximum absolute atomic E-state index is 13.7. The first-order valence-electron chi connectivity index (χ1n) is 11.3. The molecule has 2 aromatic heterocycles. The molecule has 0 amide bonds. The molecule has 3 heterocycles. The first-order valence-corrected chi connectivity index (χ1v) is 13.1. The van der Waals surface area contributed by atoms with Crippen LogP contribution in [0.1, 0.15) is 41.0 Å². The average Bonchev–Trinajstić information content (AvgIpc) is 2.82. The first kappa shape index (κ1) is 23.9. The fraction of sp³-hybridized carbons (Fsp3) is 0.259. The Hall–Kier alpha value is -2.81. The molecule has 0 radical (unpaired) electrons. The summed E-state index contributed by atoms with van der Waals surface area (Å²) < 4.78 is 8.42. The van der Waals surface area contributed by atoms with Gasteiger partial charge in [0, 0.05) is 22.0 Å². The molecule has 8 heteroatoms. The lowest BCUT2D eigenvalue weighted by molar-refractivity contribution is -0.0411. The Morgan fingerprint density at radius 3 is 2.54 bits per heavy atom. The Balaban J connectivity index is 1.60. The van der Waals surface area contributed by atoms with Gasteiger partial charge in [-0.2, -0.15) is 0 Å². The predicted molar refractivity (Wildman–Crippen MR) is 142 cm³/mol. The van der Waals surface area contributed by atoms with Crippen molar-refractivity contribution in [3.63, 3.8) is 0 Å². The predicted octanol–water partition coefficient (Wildman–Crippen LogP) is 5.68. The Labute approximate surface area is 215 Å². The maximum atomic E-state index is 13.7. The minimum Gasteiger partial charge on any atom is -0.370 e. The normalized spacial score (nSPS) is 14.6. The van der Waals surface area contributed by atoms with E-state index in [0.717, 1.165) is 21.3 Å². The molecule has 1 aliphatic heterocycles. The molecule has 0 spiro atoms. The number of rotatable bonds is 5. The van der Waals surface area contributed by atoms with Crippen molar-refractivity contribution in [2.45, 2.75) is 44.6 Å². The van der Waals surface area contributed by atoms with Gasteiger partial charge in [-0.25, -0.2) is 9.97 Å². The smallest absolute Gasteiger partial charge is 0.268 e. The molecule has 35 heavy (non-hydrogen) atoms. The summed E-state index contributed by atoms with van der Waals surface area (Å²) in [5.41, 5.74) is 4.08. The molecule has 178 valence electrons. The molecule has 5 rings (SSSR count). The van der Waals surface area contributed by atoms with E-state index in [4.69, 9.17) is 14.7 Å². The summed E-state index contributed by atoms with van der Waals surface area (Å²) in [6.45, 7) is 6.46. The first-order chi connectivity index (χ1) is 16.7. The third-order valence-corrected chi connectivity index (χ3v) is 7.47. The van der Waals surface area contributed by atoms with Crippen LogP contribution >= 0.6 is 27.7 Å². The Morgan fingerprint density at radius 2 is 1.83 bits per heavy atom. The number of halogens is 1. The molecule has 0 atom stereocenters. The molecule has 1 aliphatic rings. The van der Waals surface area contributed by atoms with Gasteiger partial charge in [-0.3, -0.25) is 14.2 Å². The molecule has 0 saturated heterocycles. The Bertz CT molecular complexity index is 1500. The number of carbonyl (C=O) groups excluding carboxylic acids is 1. The number of aryl methyl sites for hydroxylation is 1. The molecule has 4 aromatic rings. The van der Waals surface area contributed by atoms with Gasteiger partial charge in [0.25, 0.3) is 5.56 Å². The zero-order valence-electron chi connectivity index (χ0n) is 19.7. The number of carbonyl (C=O) groups is 1. The zero-order chi connectivity index (χ0) is 24.7.